The zero-order chi connectivity index (χ0) is 15.7. The van der Waals surface area contributed by atoms with E-state index < -0.39 is 10.0 Å². The lowest BCUT2D eigenvalue weighted by Crippen LogP contribution is -2.36. The van der Waals surface area contributed by atoms with E-state index in [2.05, 4.69) is 11.6 Å². The smallest absolute Gasteiger partial charge is 0.240 e. The van der Waals surface area contributed by atoms with Crippen LogP contribution in [0.3, 0.4) is 0 Å². The highest BCUT2D eigenvalue weighted by molar-refractivity contribution is 7.89. The first-order valence-corrected chi connectivity index (χ1v) is 9.14. The van der Waals surface area contributed by atoms with Crippen LogP contribution in [-0.2, 0) is 10.0 Å². The Morgan fingerprint density at radius 1 is 1.24 bits per heavy atom. The van der Waals surface area contributed by atoms with Gasteiger partial charge in [-0.05, 0) is 61.8 Å². The third kappa shape index (κ3) is 3.40. The van der Waals surface area contributed by atoms with Crippen LogP contribution in [0.1, 0.15) is 50.2 Å². The van der Waals surface area contributed by atoms with Gasteiger partial charge in [-0.2, -0.15) is 0 Å². The van der Waals surface area contributed by atoms with E-state index in [9.17, 15) is 8.42 Å². The molecule has 0 aliphatic heterocycles. The molecule has 0 radical (unpaired) electrons. The molecule has 1 saturated carbocycles. The maximum absolute atomic E-state index is 12.6. The summed E-state index contributed by atoms with van der Waals surface area (Å²) in [5, 5.41) is 0. The van der Waals surface area contributed by atoms with E-state index in [0.717, 1.165) is 30.4 Å². The maximum atomic E-state index is 12.6. The minimum Gasteiger partial charge on any atom is -0.399 e. The predicted molar refractivity (Wildman–Crippen MR) is 86.7 cm³/mol. The minimum absolute atomic E-state index is 0.135. The summed E-state index contributed by atoms with van der Waals surface area (Å²) >= 11 is 0. The summed E-state index contributed by atoms with van der Waals surface area (Å²) in [6.45, 7) is 6.39. The van der Waals surface area contributed by atoms with Crippen molar-refractivity contribution in [2.45, 2.75) is 57.8 Å². The topological polar surface area (TPSA) is 72.2 Å². The molecule has 0 saturated heterocycles. The average Bonchev–Trinajstić information content (AvgIpc) is 2.90. The lowest BCUT2D eigenvalue weighted by Gasteiger charge is -2.27. The Bertz CT molecular complexity index is 617. The van der Waals surface area contributed by atoms with Gasteiger partial charge >= 0.3 is 0 Å². The number of aryl methyl sites for hydroxylation is 1. The van der Waals surface area contributed by atoms with Gasteiger partial charge in [-0.25, -0.2) is 13.1 Å². The lowest BCUT2D eigenvalue weighted by molar-refractivity contribution is 0.285. The predicted octanol–water partition coefficient (Wildman–Crippen LogP) is 3.13. The van der Waals surface area contributed by atoms with Crippen LogP contribution >= 0.6 is 0 Å². The second-order valence-electron chi connectivity index (χ2n) is 6.35. The van der Waals surface area contributed by atoms with E-state index in [1.807, 2.05) is 13.8 Å². The fourth-order valence-electron chi connectivity index (χ4n) is 3.24. The first-order chi connectivity index (χ1) is 9.80. The summed E-state index contributed by atoms with van der Waals surface area (Å²) in [6, 6.07) is 3.36. The fourth-order valence-corrected chi connectivity index (χ4v) is 4.75. The van der Waals surface area contributed by atoms with Crippen LogP contribution in [0.5, 0.6) is 0 Å². The van der Waals surface area contributed by atoms with Crippen molar-refractivity contribution in [3.05, 3.63) is 23.3 Å². The molecule has 2 rings (SSSR count). The molecule has 1 aromatic carbocycles. The van der Waals surface area contributed by atoms with E-state index in [-0.39, 0.29) is 5.41 Å². The van der Waals surface area contributed by atoms with Gasteiger partial charge in [0, 0.05) is 12.2 Å². The molecule has 4 nitrogen and oxygen atoms in total. The molecule has 5 heteroatoms. The van der Waals surface area contributed by atoms with Gasteiger partial charge in [-0.15, -0.1) is 0 Å². The number of hydrogen-bond donors (Lipinski definition) is 2. The Hall–Kier alpha value is -1.07. The molecule has 0 spiro atoms. The van der Waals surface area contributed by atoms with Gasteiger partial charge < -0.3 is 5.73 Å². The van der Waals surface area contributed by atoms with E-state index in [0.29, 0.717) is 17.1 Å². The van der Waals surface area contributed by atoms with Crippen molar-refractivity contribution in [2.75, 3.05) is 12.3 Å². The molecule has 1 aliphatic rings. The third-order valence-corrected chi connectivity index (χ3v) is 6.51. The van der Waals surface area contributed by atoms with Crippen molar-refractivity contribution < 1.29 is 8.42 Å². The third-order valence-electron chi connectivity index (χ3n) is 4.98. The van der Waals surface area contributed by atoms with Crippen LogP contribution in [0.4, 0.5) is 5.69 Å². The van der Waals surface area contributed by atoms with E-state index in [4.69, 9.17) is 5.73 Å². The van der Waals surface area contributed by atoms with E-state index in [1.165, 1.54) is 12.8 Å². The largest absolute Gasteiger partial charge is 0.399 e. The zero-order valence-electron chi connectivity index (χ0n) is 13.2. The number of anilines is 1. The molecule has 0 amide bonds. The molecule has 0 heterocycles. The molecular weight excluding hydrogens is 284 g/mol. The van der Waals surface area contributed by atoms with Crippen molar-refractivity contribution in [3.8, 4) is 0 Å². The number of nitrogens with one attached hydrogen (secondary N) is 1. The van der Waals surface area contributed by atoms with Crippen molar-refractivity contribution >= 4 is 15.7 Å². The number of sulfonamides is 1. The highest BCUT2D eigenvalue weighted by Crippen LogP contribution is 2.40. The van der Waals surface area contributed by atoms with Gasteiger partial charge in [-0.3, -0.25) is 0 Å². The zero-order valence-corrected chi connectivity index (χ0v) is 14.0. The van der Waals surface area contributed by atoms with Gasteiger partial charge in [0.05, 0.1) is 4.90 Å². The molecule has 0 atom stereocenters. The molecule has 1 aliphatic carbocycles. The monoisotopic (exact) mass is 310 g/mol. The Balaban J connectivity index is 2.23. The molecule has 0 bridgehead atoms. The number of nitrogens with two attached hydrogens (primary N) is 1. The van der Waals surface area contributed by atoms with Gasteiger partial charge in [0.2, 0.25) is 10.0 Å². The Kier molecular flexibility index (Phi) is 4.63. The molecule has 1 aromatic rings. The van der Waals surface area contributed by atoms with Gasteiger partial charge in [0.25, 0.3) is 0 Å². The summed E-state index contributed by atoms with van der Waals surface area (Å²) in [4.78, 5) is 0.309. The summed E-state index contributed by atoms with van der Waals surface area (Å²) in [5.74, 6) is 0. The summed E-state index contributed by atoms with van der Waals surface area (Å²) in [7, 11) is -3.50. The number of nitrogen functional groups attached to an aromatic ring is 1. The second-order valence-corrected chi connectivity index (χ2v) is 8.08. The summed E-state index contributed by atoms with van der Waals surface area (Å²) in [6.07, 6.45) is 5.64. The molecule has 21 heavy (non-hydrogen) atoms. The molecule has 118 valence electrons. The summed E-state index contributed by atoms with van der Waals surface area (Å²) < 4.78 is 28.0. The first-order valence-electron chi connectivity index (χ1n) is 7.66. The quantitative estimate of drug-likeness (QED) is 0.821. The average molecular weight is 310 g/mol. The second kappa shape index (κ2) is 5.97. The lowest BCUT2D eigenvalue weighted by atomic mass is 9.84. The highest BCUT2D eigenvalue weighted by Gasteiger charge is 2.33. The molecule has 3 N–H and O–H groups in total. The Morgan fingerprint density at radius 3 is 2.43 bits per heavy atom. The van der Waals surface area contributed by atoms with Gasteiger partial charge in [0.15, 0.2) is 0 Å². The first kappa shape index (κ1) is 16.3. The number of rotatable bonds is 5. The molecule has 1 fully saturated rings. The van der Waals surface area contributed by atoms with Crippen molar-refractivity contribution in [1.29, 1.82) is 0 Å². The Morgan fingerprint density at radius 2 is 1.86 bits per heavy atom. The van der Waals surface area contributed by atoms with Crippen LogP contribution < -0.4 is 10.5 Å². The maximum Gasteiger partial charge on any atom is 0.240 e. The van der Waals surface area contributed by atoms with Gasteiger partial charge in [-0.1, -0.05) is 19.8 Å². The van der Waals surface area contributed by atoms with Crippen LogP contribution in [0, 0.1) is 19.3 Å². The fraction of sp³-hybridized carbons (Fsp3) is 0.625. The Labute approximate surface area is 128 Å². The van der Waals surface area contributed by atoms with E-state index >= 15 is 0 Å². The van der Waals surface area contributed by atoms with Crippen LogP contribution in [0.25, 0.3) is 0 Å². The minimum atomic E-state index is -3.50. The van der Waals surface area contributed by atoms with E-state index in [1.54, 1.807) is 12.1 Å². The van der Waals surface area contributed by atoms with Gasteiger partial charge in [0.1, 0.15) is 0 Å². The highest BCUT2D eigenvalue weighted by atomic mass is 32.2. The standard InChI is InChI=1S/C16H26N2O2S/c1-4-16(7-5-6-8-16)11-18-21(19,20)15-10-14(17)9-12(2)13(15)3/h9-10,18H,4-8,11,17H2,1-3H3. The molecule has 0 aromatic heterocycles. The number of benzene rings is 1. The van der Waals surface area contributed by atoms with Crippen molar-refractivity contribution in [3.63, 3.8) is 0 Å². The van der Waals surface area contributed by atoms with Crippen LogP contribution in [0.2, 0.25) is 0 Å². The van der Waals surface area contributed by atoms with Crippen LogP contribution in [-0.4, -0.2) is 15.0 Å². The normalized spacial score (nSPS) is 18.0. The van der Waals surface area contributed by atoms with Crippen LogP contribution in [0.15, 0.2) is 17.0 Å². The van der Waals surface area contributed by atoms with Crippen molar-refractivity contribution in [2.24, 2.45) is 5.41 Å². The summed E-state index contributed by atoms with van der Waals surface area (Å²) in [5.41, 5.74) is 8.10. The van der Waals surface area contributed by atoms with Crippen molar-refractivity contribution in [1.82, 2.24) is 4.72 Å². The molecule has 0 unspecified atom stereocenters. The SMILES string of the molecule is CCC1(CNS(=O)(=O)c2cc(N)cc(C)c2C)CCCC1. The number of hydrogen-bond acceptors (Lipinski definition) is 3. The molecular formula is C16H26N2O2S.